The number of rotatable bonds is 4. The Morgan fingerprint density at radius 2 is 1.94 bits per heavy atom. The molecule has 0 spiro atoms. The maximum Gasteiger partial charge on any atom is 0.321 e. The molecule has 2 amide bonds. The molecule has 2 aromatic heterocycles. The number of urea groups is 1. The summed E-state index contributed by atoms with van der Waals surface area (Å²) >= 11 is 0. The first-order chi connectivity index (χ1) is 15.5. The third kappa shape index (κ3) is 3.74. The molecule has 0 bridgehead atoms. The van der Waals surface area contributed by atoms with Crippen LogP contribution in [0, 0.1) is 5.82 Å². The van der Waals surface area contributed by atoms with E-state index in [2.05, 4.69) is 15.4 Å². The Morgan fingerprint density at radius 3 is 2.72 bits per heavy atom. The molecule has 1 unspecified atom stereocenters. The second kappa shape index (κ2) is 8.33. The van der Waals surface area contributed by atoms with Gasteiger partial charge in [0.25, 0.3) is 6.43 Å². The van der Waals surface area contributed by atoms with Crippen LogP contribution in [0.1, 0.15) is 49.3 Å². The molecule has 0 aliphatic carbocycles. The van der Waals surface area contributed by atoms with E-state index in [4.69, 9.17) is 0 Å². The lowest BCUT2D eigenvalue weighted by atomic mass is 9.98. The highest BCUT2D eigenvalue weighted by Crippen LogP contribution is 2.39. The summed E-state index contributed by atoms with van der Waals surface area (Å²) < 4.78 is 42.7. The minimum Gasteiger partial charge on any atom is -0.349 e. The Balaban J connectivity index is 1.46. The number of hydrogen-bond acceptors (Lipinski definition) is 4. The van der Waals surface area contributed by atoms with Crippen molar-refractivity contribution < 1.29 is 18.0 Å². The maximum atomic E-state index is 13.9. The lowest BCUT2D eigenvalue weighted by Crippen LogP contribution is -2.32. The van der Waals surface area contributed by atoms with Crippen molar-refractivity contribution in [3.63, 3.8) is 0 Å². The minimum absolute atomic E-state index is 0.160. The van der Waals surface area contributed by atoms with E-state index in [1.165, 1.54) is 6.07 Å². The summed E-state index contributed by atoms with van der Waals surface area (Å²) in [4.78, 5) is 20.8. The monoisotopic (exact) mass is 444 g/mol. The summed E-state index contributed by atoms with van der Waals surface area (Å²) in [5, 5.41) is 7.12. The van der Waals surface area contributed by atoms with E-state index in [0.29, 0.717) is 30.1 Å². The Labute approximate surface area is 182 Å². The van der Waals surface area contributed by atoms with Crippen LogP contribution >= 0.6 is 0 Å². The van der Waals surface area contributed by atoms with Crippen molar-refractivity contribution in [2.45, 2.75) is 38.2 Å². The molecule has 3 aromatic rings. The normalized spacial score (nSPS) is 18.8. The predicted molar refractivity (Wildman–Crippen MR) is 113 cm³/mol. The fraction of sp³-hybridized carbons (Fsp3) is 0.409. The summed E-state index contributed by atoms with van der Waals surface area (Å²) in [6.45, 7) is 2.05. The van der Waals surface area contributed by atoms with E-state index < -0.39 is 18.3 Å². The number of likely N-dealkylation sites (tertiary alicyclic amines) is 1. The smallest absolute Gasteiger partial charge is 0.321 e. The Kier molecular flexibility index (Phi) is 5.36. The molecule has 1 aromatic carbocycles. The summed E-state index contributed by atoms with van der Waals surface area (Å²) in [6, 6.07) is 4.58. The van der Waals surface area contributed by atoms with Crippen LogP contribution in [0.3, 0.4) is 0 Å². The van der Waals surface area contributed by atoms with Crippen LogP contribution in [0.2, 0.25) is 0 Å². The van der Waals surface area contributed by atoms with Gasteiger partial charge in [-0.05, 0) is 49.4 Å². The van der Waals surface area contributed by atoms with Gasteiger partial charge in [0.15, 0.2) is 5.65 Å². The van der Waals surface area contributed by atoms with Gasteiger partial charge >= 0.3 is 6.03 Å². The van der Waals surface area contributed by atoms with E-state index in [1.54, 1.807) is 27.9 Å². The molecular weight excluding hydrogens is 421 g/mol. The number of alkyl halides is 2. The summed E-state index contributed by atoms with van der Waals surface area (Å²) in [5.74, 6) is 0.0315. The van der Waals surface area contributed by atoms with Crippen molar-refractivity contribution in [2.75, 3.05) is 29.9 Å². The predicted octanol–water partition coefficient (Wildman–Crippen LogP) is 4.78. The Hall–Kier alpha value is -3.30. The first-order valence-electron chi connectivity index (χ1n) is 10.8. The minimum atomic E-state index is -2.69. The first-order valence-corrected chi connectivity index (χ1v) is 10.8. The average Bonchev–Trinajstić information content (AvgIpc) is 3.54. The zero-order valence-electron chi connectivity index (χ0n) is 17.3. The van der Waals surface area contributed by atoms with Gasteiger partial charge in [-0.3, -0.25) is 0 Å². The van der Waals surface area contributed by atoms with E-state index in [1.807, 2.05) is 4.90 Å². The highest BCUT2D eigenvalue weighted by Gasteiger charge is 2.31. The van der Waals surface area contributed by atoms with Crippen LogP contribution in [-0.4, -0.2) is 45.2 Å². The van der Waals surface area contributed by atoms with E-state index in [0.717, 1.165) is 44.5 Å². The van der Waals surface area contributed by atoms with Crippen LogP contribution < -0.4 is 10.2 Å². The number of anilines is 2. The zero-order valence-corrected chi connectivity index (χ0v) is 17.3. The highest BCUT2D eigenvalue weighted by molar-refractivity contribution is 5.93. The van der Waals surface area contributed by atoms with Gasteiger partial charge in [-0.2, -0.15) is 5.10 Å². The third-order valence-electron chi connectivity index (χ3n) is 6.18. The summed E-state index contributed by atoms with van der Waals surface area (Å²) in [6.07, 6.45) is 3.94. The van der Waals surface area contributed by atoms with Gasteiger partial charge < -0.3 is 15.1 Å². The lowest BCUT2D eigenvalue weighted by molar-refractivity contribution is 0.149. The van der Waals surface area contributed by atoms with Crippen LogP contribution in [0.5, 0.6) is 0 Å². The Morgan fingerprint density at radius 1 is 1.12 bits per heavy atom. The SMILES string of the molecule is O=C(Nc1cnn2ccc(N3CCCC3c3cc(F)ccc3C(F)F)nc12)N1CCCC1. The molecule has 0 saturated carbocycles. The third-order valence-corrected chi connectivity index (χ3v) is 6.18. The van der Waals surface area contributed by atoms with Crippen LogP contribution in [0.4, 0.5) is 29.5 Å². The topological polar surface area (TPSA) is 65.8 Å². The van der Waals surface area contributed by atoms with Gasteiger partial charge in [0.1, 0.15) is 17.3 Å². The molecule has 168 valence electrons. The molecule has 1 N–H and O–H groups in total. The quantitative estimate of drug-likeness (QED) is 0.629. The molecule has 5 rings (SSSR count). The lowest BCUT2D eigenvalue weighted by Gasteiger charge is -2.28. The number of benzene rings is 1. The number of nitrogens with one attached hydrogen (secondary N) is 1. The van der Waals surface area contributed by atoms with Gasteiger partial charge in [-0.1, -0.05) is 6.07 Å². The Bertz CT molecular complexity index is 1140. The molecule has 7 nitrogen and oxygen atoms in total. The zero-order chi connectivity index (χ0) is 22.2. The molecular formula is C22H23F3N6O. The molecule has 2 saturated heterocycles. The summed E-state index contributed by atoms with van der Waals surface area (Å²) in [7, 11) is 0. The van der Waals surface area contributed by atoms with Crippen molar-refractivity contribution in [1.29, 1.82) is 0 Å². The first kappa shape index (κ1) is 20.6. The largest absolute Gasteiger partial charge is 0.349 e. The summed E-state index contributed by atoms with van der Waals surface area (Å²) in [5.41, 5.74) is 1.08. The van der Waals surface area contributed by atoms with E-state index in [-0.39, 0.29) is 17.2 Å². The number of nitrogens with zero attached hydrogens (tertiary/aromatic N) is 5. The number of aromatic nitrogens is 3. The van der Waals surface area contributed by atoms with Crippen molar-refractivity contribution in [1.82, 2.24) is 19.5 Å². The standard InChI is InChI=1S/C22H23F3N6O/c23-14-5-6-15(20(24)25)16(12-14)18-4-3-10-30(18)19-7-11-31-21(28-19)17(13-26-31)27-22(32)29-8-1-2-9-29/h5-7,11-13,18,20H,1-4,8-10H2,(H,27,32). The molecule has 4 heterocycles. The number of hydrogen-bond donors (Lipinski definition) is 1. The van der Waals surface area contributed by atoms with Gasteiger partial charge in [0, 0.05) is 31.4 Å². The molecule has 2 fully saturated rings. The second-order valence-corrected chi connectivity index (χ2v) is 8.16. The highest BCUT2D eigenvalue weighted by atomic mass is 19.3. The number of carbonyl (C=O) groups is 1. The number of fused-ring (bicyclic) bond motifs is 1. The van der Waals surface area contributed by atoms with Crippen LogP contribution in [-0.2, 0) is 0 Å². The fourth-order valence-electron chi connectivity index (χ4n) is 4.62. The van der Waals surface area contributed by atoms with Crippen LogP contribution in [0.15, 0.2) is 36.7 Å². The molecule has 10 heteroatoms. The fourth-order valence-corrected chi connectivity index (χ4v) is 4.62. The van der Waals surface area contributed by atoms with E-state index in [9.17, 15) is 18.0 Å². The molecule has 1 atom stereocenters. The van der Waals surface area contributed by atoms with Crippen molar-refractivity contribution in [2.24, 2.45) is 0 Å². The van der Waals surface area contributed by atoms with Crippen molar-refractivity contribution >= 4 is 23.2 Å². The maximum absolute atomic E-state index is 13.9. The second-order valence-electron chi connectivity index (χ2n) is 8.16. The molecule has 32 heavy (non-hydrogen) atoms. The molecule has 2 aliphatic heterocycles. The van der Waals surface area contributed by atoms with E-state index >= 15 is 0 Å². The number of halogens is 3. The number of amides is 2. The van der Waals surface area contributed by atoms with Crippen molar-refractivity contribution in [3.8, 4) is 0 Å². The average molecular weight is 444 g/mol. The van der Waals surface area contributed by atoms with Gasteiger partial charge in [-0.25, -0.2) is 27.5 Å². The van der Waals surface area contributed by atoms with Gasteiger partial charge in [0.05, 0.1) is 12.2 Å². The van der Waals surface area contributed by atoms with Crippen molar-refractivity contribution in [3.05, 3.63) is 53.6 Å². The number of carbonyl (C=O) groups excluding carboxylic acids is 1. The molecule has 2 aliphatic rings. The molecule has 0 radical (unpaired) electrons. The van der Waals surface area contributed by atoms with Gasteiger partial charge in [0.2, 0.25) is 0 Å². The van der Waals surface area contributed by atoms with Gasteiger partial charge in [-0.15, -0.1) is 0 Å². The van der Waals surface area contributed by atoms with Crippen LogP contribution in [0.25, 0.3) is 5.65 Å².